The van der Waals surface area contributed by atoms with E-state index < -0.39 is 6.10 Å². The lowest BCUT2D eigenvalue weighted by Gasteiger charge is -2.36. The Morgan fingerprint density at radius 1 is 0.735 bits per heavy atom. The van der Waals surface area contributed by atoms with Crippen molar-refractivity contribution in [1.82, 2.24) is 9.80 Å². The molecule has 1 atom stereocenters. The molecular weight excluding hydrogens is 432 g/mol. The van der Waals surface area contributed by atoms with Crippen molar-refractivity contribution < 1.29 is 13.9 Å². The molecule has 6 heteroatoms. The van der Waals surface area contributed by atoms with E-state index in [0.717, 1.165) is 56.0 Å². The van der Waals surface area contributed by atoms with E-state index in [1.807, 2.05) is 54.6 Å². The number of para-hydroxylation sites is 1. The maximum Gasteiger partial charge on any atom is 0.123 e. The SMILES string of the molecule is OC(CNc1ccccc1)CN1CCN(CCC(c2ccc(F)cc2)c2ccc(F)cc2)CC1. The minimum absolute atomic E-state index is 0.0881. The second-order valence-electron chi connectivity index (χ2n) is 8.99. The maximum absolute atomic E-state index is 13.5. The lowest BCUT2D eigenvalue weighted by atomic mass is 9.88. The van der Waals surface area contributed by atoms with Crippen molar-refractivity contribution in [3.05, 3.63) is 102 Å². The molecule has 4 nitrogen and oxygen atoms in total. The average Bonchev–Trinajstić information content (AvgIpc) is 2.86. The van der Waals surface area contributed by atoms with E-state index in [1.54, 1.807) is 0 Å². The summed E-state index contributed by atoms with van der Waals surface area (Å²) < 4.78 is 26.9. The highest BCUT2D eigenvalue weighted by Gasteiger charge is 2.21. The van der Waals surface area contributed by atoms with Crippen LogP contribution in [-0.2, 0) is 0 Å². The number of aliphatic hydroxyl groups excluding tert-OH is 1. The minimum Gasteiger partial charge on any atom is -0.390 e. The molecule has 180 valence electrons. The van der Waals surface area contributed by atoms with Gasteiger partial charge in [0.2, 0.25) is 0 Å². The third kappa shape index (κ3) is 7.10. The molecule has 34 heavy (non-hydrogen) atoms. The Morgan fingerprint density at radius 2 is 1.26 bits per heavy atom. The number of hydrogen-bond acceptors (Lipinski definition) is 4. The number of rotatable bonds is 10. The van der Waals surface area contributed by atoms with Crippen molar-refractivity contribution >= 4 is 5.69 Å². The summed E-state index contributed by atoms with van der Waals surface area (Å²) in [6.07, 6.45) is 0.453. The summed E-state index contributed by atoms with van der Waals surface area (Å²) in [5, 5.41) is 13.7. The number of piperazine rings is 1. The van der Waals surface area contributed by atoms with Crippen molar-refractivity contribution in [2.45, 2.75) is 18.4 Å². The van der Waals surface area contributed by atoms with E-state index in [0.29, 0.717) is 13.1 Å². The number of aliphatic hydroxyl groups is 1. The van der Waals surface area contributed by atoms with E-state index in [9.17, 15) is 13.9 Å². The molecule has 1 aliphatic heterocycles. The van der Waals surface area contributed by atoms with Crippen LogP contribution in [0, 0.1) is 11.6 Å². The fraction of sp³-hybridized carbons (Fsp3) is 0.357. The zero-order valence-electron chi connectivity index (χ0n) is 19.4. The second-order valence-corrected chi connectivity index (χ2v) is 8.99. The van der Waals surface area contributed by atoms with Crippen LogP contribution in [0.3, 0.4) is 0 Å². The lowest BCUT2D eigenvalue weighted by Crippen LogP contribution is -2.49. The van der Waals surface area contributed by atoms with E-state index in [1.165, 1.54) is 24.3 Å². The number of benzene rings is 3. The number of nitrogens with zero attached hydrogens (tertiary/aromatic N) is 2. The van der Waals surface area contributed by atoms with Gasteiger partial charge in [-0.3, -0.25) is 4.90 Å². The van der Waals surface area contributed by atoms with E-state index in [-0.39, 0.29) is 17.6 Å². The summed E-state index contributed by atoms with van der Waals surface area (Å²) in [5.74, 6) is -0.414. The third-order valence-electron chi connectivity index (χ3n) is 6.53. The number of hydrogen-bond donors (Lipinski definition) is 2. The molecule has 1 saturated heterocycles. The molecule has 1 unspecified atom stereocenters. The standard InChI is InChI=1S/C28H33F2N3O/c29-24-10-6-22(7-11-24)28(23-8-12-25(30)13-9-23)14-15-32-16-18-33(19-17-32)21-27(34)20-31-26-4-2-1-3-5-26/h1-13,27-28,31,34H,14-21H2. The molecule has 0 aromatic heterocycles. The Hall–Kier alpha value is -2.80. The summed E-state index contributed by atoms with van der Waals surface area (Å²) in [4.78, 5) is 4.75. The molecule has 2 N–H and O–H groups in total. The van der Waals surface area contributed by atoms with Gasteiger partial charge in [-0.05, 0) is 60.5 Å². The van der Waals surface area contributed by atoms with E-state index in [4.69, 9.17) is 0 Å². The average molecular weight is 466 g/mol. The van der Waals surface area contributed by atoms with Gasteiger partial charge in [-0.1, -0.05) is 42.5 Å². The number of nitrogens with one attached hydrogen (secondary N) is 1. The summed E-state index contributed by atoms with van der Waals surface area (Å²) in [7, 11) is 0. The second kappa shape index (κ2) is 12.1. The minimum atomic E-state index is -0.423. The van der Waals surface area contributed by atoms with Crippen LogP contribution in [0.1, 0.15) is 23.5 Å². The topological polar surface area (TPSA) is 38.7 Å². The fourth-order valence-corrected chi connectivity index (χ4v) is 4.58. The molecular formula is C28H33F2N3O. The lowest BCUT2D eigenvalue weighted by molar-refractivity contribution is 0.0775. The molecule has 0 aliphatic carbocycles. The molecule has 0 radical (unpaired) electrons. The van der Waals surface area contributed by atoms with Gasteiger partial charge in [0, 0.05) is 50.9 Å². The Bertz CT molecular complexity index is 945. The van der Waals surface area contributed by atoms with Gasteiger partial charge in [-0.25, -0.2) is 8.78 Å². The molecule has 0 saturated carbocycles. The first-order valence-electron chi connectivity index (χ1n) is 12.0. The molecule has 0 bridgehead atoms. The molecule has 1 fully saturated rings. The smallest absolute Gasteiger partial charge is 0.123 e. The van der Waals surface area contributed by atoms with Crippen molar-refractivity contribution in [1.29, 1.82) is 0 Å². The summed E-state index contributed by atoms with van der Waals surface area (Å²) in [6.45, 7) is 5.81. The van der Waals surface area contributed by atoms with Gasteiger partial charge in [-0.15, -0.1) is 0 Å². The molecule has 1 heterocycles. The van der Waals surface area contributed by atoms with Crippen LogP contribution in [0.5, 0.6) is 0 Å². The highest BCUT2D eigenvalue weighted by Crippen LogP contribution is 2.29. The third-order valence-corrected chi connectivity index (χ3v) is 6.53. The molecule has 0 amide bonds. The van der Waals surface area contributed by atoms with Crippen LogP contribution in [0.25, 0.3) is 0 Å². The number of β-amino-alcohol motifs (C(OH)–C–C–N with tert-alkyl or cyclic N) is 1. The van der Waals surface area contributed by atoms with Crippen LogP contribution < -0.4 is 5.32 Å². The van der Waals surface area contributed by atoms with Gasteiger partial charge >= 0.3 is 0 Å². The fourth-order valence-electron chi connectivity index (χ4n) is 4.58. The van der Waals surface area contributed by atoms with Crippen LogP contribution >= 0.6 is 0 Å². The molecule has 3 aromatic carbocycles. The van der Waals surface area contributed by atoms with Crippen molar-refractivity contribution in [2.75, 3.05) is 51.1 Å². The Morgan fingerprint density at radius 3 is 1.82 bits per heavy atom. The van der Waals surface area contributed by atoms with Crippen molar-refractivity contribution in [2.24, 2.45) is 0 Å². The Kier molecular flexibility index (Phi) is 8.63. The van der Waals surface area contributed by atoms with Gasteiger partial charge in [0.1, 0.15) is 11.6 Å². The quantitative estimate of drug-likeness (QED) is 0.460. The highest BCUT2D eigenvalue weighted by molar-refractivity contribution is 5.42. The first-order valence-corrected chi connectivity index (χ1v) is 12.0. The number of anilines is 1. The number of halogens is 2. The van der Waals surface area contributed by atoms with Crippen LogP contribution in [0.4, 0.5) is 14.5 Å². The van der Waals surface area contributed by atoms with Crippen molar-refractivity contribution in [3.8, 4) is 0 Å². The Labute approximate surface area is 200 Å². The van der Waals surface area contributed by atoms with E-state index >= 15 is 0 Å². The molecule has 1 aliphatic rings. The zero-order chi connectivity index (χ0) is 23.8. The van der Waals surface area contributed by atoms with Gasteiger partial charge in [0.25, 0.3) is 0 Å². The van der Waals surface area contributed by atoms with Gasteiger partial charge < -0.3 is 15.3 Å². The Balaban J connectivity index is 1.26. The van der Waals surface area contributed by atoms with Crippen LogP contribution in [0.15, 0.2) is 78.9 Å². The van der Waals surface area contributed by atoms with Crippen LogP contribution in [-0.4, -0.2) is 66.8 Å². The summed E-state index contributed by atoms with van der Waals surface area (Å²) in [5.41, 5.74) is 3.10. The summed E-state index contributed by atoms with van der Waals surface area (Å²) in [6, 6.07) is 23.2. The largest absolute Gasteiger partial charge is 0.390 e. The first-order chi connectivity index (χ1) is 16.6. The van der Waals surface area contributed by atoms with Gasteiger partial charge in [-0.2, -0.15) is 0 Å². The first kappa shape index (κ1) is 24.3. The highest BCUT2D eigenvalue weighted by atomic mass is 19.1. The van der Waals surface area contributed by atoms with Gasteiger partial charge in [0.05, 0.1) is 6.10 Å². The molecule has 4 rings (SSSR count). The normalized spacial score (nSPS) is 16.0. The van der Waals surface area contributed by atoms with Crippen molar-refractivity contribution in [3.63, 3.8) is 0 Å². The van der Waals surface area contributed by atoms with Crippen LogP contribution in [0.2, 0.25) is 0 Å². The van der Waals surface area contributed by atoms with E-state index in [2.05, 4.69) is 15.1 Å². The summed E-state index contributed by atoms with van der Waals surface area (Å²) >= 11 is 0. The monoisotopic (exact) mass is 465 g/mol. The predicted molar refractivity (Wildman–Crippen MR) is 133 cm³/mol. The predicted octanol–water partition coefficient (Wildman–Crippen LogP) is 4.58. The molecule has 0 spiro atoms. The maximum atomic E-state index is 13.5. The van der Waals surface area contributed by atoms with Gasteiger partial charge in [0.15, 0.2) is 0 Å². The zero-order valence-corrected chi connectivity index (χ0v) is 19.4. The molecule has 3 aromatic rings.